The van der Waals surface area contributed by atoms with Gasteiger partial charge in [0.2, 0.25) is 0 Å². The fourth-order valence-electron chi connectivity index (χ4n) is 1.79. The van der Waals surface area contributed by atoms with Crippen molar-refractivity contribution in [2.75, 3.05) is 0 Å². The smallest absolute Gasteiger partial charge is 0.0587 e. The van der Waals surface area contributed by atoms with Gasteiger partial charge in [0.05, 0.1) is 6.07 Å². The second kappa shape index (κ2) is 17.1. The number of aryl methyl sites for hydroxylation is 2. The van der Waals surface area contributed by atoms with Crippen LogP contribution in [0.5, 0.6) is 0 Å². The number of nitrogens with zero attached hydrogens (tertiary/aromatic N) is 1. The van der Waals surface area contributed by atoms with Gasteiger partial charge in [-0.3, -0.25) is 0 Å². The molecule has 0 amide bonds. The average molecular weight is 384 g/mol. The highest BCUT2D eigenvalue weighted by Crippen LogP contribution is 2.23. The zero-order chi connectivity index (χ0) is 22.8. The lowest BCUT2D eigenvalue weighted by Gasteiger charge is -2.20. The maximum atomic E-state index is 7.32. The van der Waals surface area contributed by atoms with Crippen molar-refractivity contribution in [3.63, 3.8) is 0 Å². The van der Waals surface area contributed by atoms with E-state index in [1.807, 2.05) is 50.2 Å². The lowest BCUT2D eigenvalue weighted by atomic mass is 9.85. The van der Waals surface area contributed by atoms with Crippen LogP contribution in [-0.2, 0) is 5.41 Å². The van der Waals surface area contributed by atoms with Gasteiger partial charge in [-0.2, -0.15) is 5.26 Å². The molecule has 158 valence electrons. The van der Waals surface area contributed by atoms with Crippen LogP contribution >= 0.6 is 0 Å². The van der Waals surface area contributed by atoms with Crippen molar-refractivity contribution in [1.29, 1.82) is 5.26 Å². The molecule has 28 heavy (non-hydrogen) atoms. The first-order chi connectivity index (χ1) is 12.8. The van der Waals surface area contributed by atoms with Crippen molar-refractivity contribution in [3.05, 3.63) is 71.3 Å². The number of benzene rings is 2. The van der Waals surface area contributed by atoms with Crippen molar-refractivity contribution >= 4 is 0 Å². The standard InChI is InChI=1S/C12H18.C6H6.C5H12.C2H3N.C2H6/c1-9-6-10(2)8-11(7-9)12(3,4)5;1-2-4-6-5-3-1;1-5(2,3)4;1-2-3;1-2/h6-8H,1-5H3;1-6H;1-4H3;1H3;1-2H3. The zero-order valence-corrected chi connectivity index (χ0v) is 20.6. The highest BCUT2D eigenvalue weighted by molar-refractivity contribution is 5.32. The minimum absolute atomic E-state index is 0.275. The number of hydrogen-bond acceptors (Lipinski definition) is 1. The van der Waals surface area contributed by atoms with Crippen molar-refractivity contribution < 1.29 is 0 Å². The fraction of sp³-hybridized carbons (Fsp3) is 0.519. The number of rotatable bonds is 0. The summed E-state index contributed by atoms with van der Waals surface area (Å²) in [6, 6.07) is 20.5. The summed E-state index contributed by atoms with van der Waals surface area (Å²) in [5.74, 6) is 0. The summed E-state index contributed by atoms with van der Waals surface area (Å²) in [6.45, 7) is 25.2. The lowest BCUT2D eigenvalue weighted by Crippen LogP contribution is -2.11. The molecule has 0 saturated heterocycles. The SMILES string of the molecule is CC.CC#N.CC(C)(C)C.Cc1cc(C)cc(C(C)(C)C)c1.c1ccccc1. The molecule has 0 aliphatic rings. The van der Waals surface area contributed by atoms with E-state index in [9.17, 15) is 0 Å². The van der Waals surface area contributed by atoms with Crippen LogP contribution in [-0.4, -0.2) is 0 Å². The first-order valence-corrected chi connectivity index (χ1v) is 10.2. The molecule has 2 aromatic rings. The molecule has 1 nitrogen and oxygen atoms in total. The van der Waals surface area contributed by atoms with Crippen LogP contribution in [0.25, 0.3) is 0 Å². The van der Waals surface area contributed by atoms with Crippen LogP contribution in [0, 0.1) is 30.6 Å². The van der Waals surface area contributed by atoms with Crippen molar-refractivity contribution in [2.45, 2.75) is 88.5 Å². The summed E-state index contributed by atoms with van der Waals surface area (Å²) in [7, 11) is 0. The molecule has 0 fully saturated rings. The van der Waals surface area contributed by atoms with Crippen molar-refractivity contribution in [3.8, 4) is 6.07 Å². The first-order valence-electron chi connectivity index (χ1n) is 10.2. The normalized spacial score (nSPS) is 9.39. The lowest BCUT2D eigenvalue weighted by molar-refractivity contribution is 0.469. The molecular weight excluding hydrogens is 338 g/mol. The predicted octanol–water partition coefficient (Wildman–Crippen LogP) is 8.90. The van der Waals surface area contributed by atoms with E-state index in [2.05, 4.69) is 80.5 Å². The Kier molecular flexibility index (Phi) is 18.7. The molecule has 0 saturated carbocycles. The molecule has 0 atom stereocenters. The monoisotopic (exact) mass is 383 g/mol. The predicted molar refractivity (Wildman–Crippen MR) is 129 cm³/mol. The highest BCUT2D eigenvalue weighted by Gasteiger charge is 2.13. The molecule has 0 aliphatic carbocycles. The third-order valence-electron chi connectivity index (χ3n) is 2.75. The maximum absolute atomic E-state index is 7.32. The summed E-state index contributed by atoms with van der Waals surface area (Å²) in [4.78, 5) is 0. The number of hydrogen-bond donors (Lipinski definition) is 0. The Hall–Kier alpha value is -2.07. The summed E-state index contributed by atoms with van der Waals surface area (Å²) in [5, 5.41) is 7.32. The van der Waals surface area contributed by atoms with E-state index in [1.54, 1.807) is 6.07 Å². The molecule has 0 heterocycles. The van der Waals surface area contributed by atoms with Gasteiger partial charge in [-0.25, -0.2) is 0 Å². The summed E-state index contributed by atoms with van der Waals surface area (Å²) in [6.07, 6.45) is 0. The van der Waals surface area contributed by atoms with Crippen molar-refractivity contribution in [2.24, 2.45) is 5.41 Å². The maximum Gasteiger partial charge on any atom is 0.0587 e. The second-order valence-electron chi connectivity index (χ2n) is 9.00. The molecule has 0 N–H and O–H groups in total. The Morgan fingerprint density at radius 1 is 0.643 bits per heavy atom. The minimum Gasteiger partial charge on any atom is -0.199 e. The van der Waals surface area contributed by atoms with E-state index in [0.29, 0.717) is 5.41 Å². The summed E-state index contributed by atoms with van der Waals surface area (Å²) >= 11 is 0. The molecule has 0 aromatic heterocycles. The largest absolute Gasteiger partial charge is 0.199 e. The molecular formula is C27H45N. The molecule has 2 aromatic carbocycles. The Labute approximate surface area is 176 Å². The average Bonchev–Trinajstić information content (AvgIpc) is 2.56. The highest BCUT2D eigenvalue weighted by atomic mass is 14.2. The third kappa shape index (κ3) is 26.2. The topological polar surface area (TPSA) is 23.8 Å². The van der Waals surface area contributed by atoms with Gasteiger partial charge in [0, 0.05) is 6.92 Å². The molecule has 0 spiro atoms. The van der Waals surface area contributed by atoms with Crippen LogP contribution in [0.3, 0.4) is 0 Å². The molecule has 0 radical (unpaired) electrons. The van der Waals surface area contributed by atoms with E-state index in [1.165, 1.54) is 23.6 Å². The second-order valence-corrected chi connectivity index (χ2v) is 9.00. The Morgan fingerprint density at radius 2 is 0.857 bits per heavy atom. The van der Waals surface area contributed by atoms with Gasteiger partial charge in [-0.1, -0.05) is 128 Å². The molecule has 0 unspecified atom stereocenters. The molecule has 2 rings (SSSR count). The van der Waals surface area contributed by atoms with Gasteiger partial charge >= 0.3 is 0 Å². The van der Waals surface area contributed by atoms with Gasteiger partial charge in [0.25, 0.3) is 0 Å². The quantitative estimate of drug-likeness (QED) is 0.445. The van der Waals surface area contributed by atoms with Gasteiger partial charge < -0.3 is 0 Å². The summed E-state index contributed by atoms with van der Waals surface area (Å²) in [5.41, 5.74) is 4.93. The fourth-order valence-corrected chi connectivity index (χ4v) is 1.79. The van der Waals surface area contributed by atoms with E-state index in [0.717, 1.165) is 0 Å². The first kappa shape index (κ1) is 30.7. The van der Waals surface area contributed by atoms with Crippen LogP contribution in [0.1, 0.15) is 85.9 Å². The molecule has 0 aliphatic heterocycles. The Bertz CT molecular complexity index is 567. The van der Waals surface area contributed by atoms with Crippen molar-refractivity contribution in [1.82, 2.24) is 0 Å². The third-order valence-corrected chi connectivity index (χ3v) is 2.75. The van der Waals surface area contributed by atoms with E-state index < -0.39 is 0 Å². The van der Waals surface area contributed by atoms with Gasteiger partial charge in [0.15, 0.2) is 0 Å². The zero-order valence-electron chi connectivity index (χ0n) is 20.6. The van der Waals surface area contributed by atoms with E-state index >= 15 is 0 Å². The minimum atomic E-state index is 0.275. The Balaban J connectivity index is -0.000000329. The van der Waals surface area contributed by atoms with E-state index in [-0.39, 0.29) is 5.41 Å². The van der Waals surface area contributed by atoms with Gasteiger partial charge in [0.1, 0.15) is 0 Å². The molecule has 0 bridgehead atoms. The Morgan fingerprint density at radius 3 is 1.04 bits per heavy atom. The van der Waals surface area contributed by atoms with Crippen LogP contribution in [0.2, 0.25) is 0 Å². The van der Waals surface area contributed by atoms with Crippen LogP contribution < -0.4 is 0 Å². The summed E-state index contributed by atoms with van der Waals surface area (Å²) < 4.78 is 0. The van der Waals surface area contributed by atoms with Gasteiger partial charge in [-0.05, 0) is 30.2 Å². The van der Waals surface area contributed by atoms with Crippen LogP contribution in [0.15, 0.2) is 54.6 Å². The van der Waals surface area contributed by atoms with Crippen LogP contribution in [0.4, 0.5) is 0 Å². The van der Waals surface area contributed by atoms with Gasteiger partial charge in [-0.15, -0.1) is 0 Å². The van der Waals surface area contributed by atoms with E-state index in [4.69, 9.17) is 5.26 Å². The molecule has 1 heteroatoms. The number of nitriles is 1.